The van der Waals surface area contributed by atoms with E-state index in [9.17, 15) is 5.11 Å². The minimum absolute atomic E-state index is 0.201. The van der Waals surface area contributed by atoms with Crippen molar-refractivity contribution in [1.82, 2.24) is 4.98 Å². The van der Waals surface area contributed by atoms with Crippen LogP contribution in [0.4, 0.5) is 0 Å². The van der Waals surface area contributed by atoms with Gasteiger partial charge in [0.2, 0.25) is 0 Å². The first kappa shape index (κ1) is 24.2. The van der Waals surface area contributed by atoms with Crippen molar-refractivity contribution in [3.63, 3.8) is 0 Å². The SMILES string of the molecule is CCc1cc(OCC=C(Cl)Cl)cc(CC)c1OCCCCc1ccc2cccc(O)c2n1. The molecular weight excluding hydrogens is 445 g/mol. The molecule has 32 heavy (non-hydrogen) atoms. The zero-order valence-corrected chi connectivity index (χ0v) is 20.0. The molecular formula is C26H29Cl2NO3. The lowest BCUT2D eigenvalue weighted by molar-refractivity contribution is 0.299. The number of fused-ring (bicyclic) bond motifs is 1. The number of halogens is 2. The number of aryl methyl sites for hydroxylation is 3. The van der Waals surface area contributed by atoms with Crippen molar-refractivity contribution >= 4 is 34.1 Å². The van der Waals surface area contributed by atoms with Gasteiger partial charge in [-0.1, -0.05) is 55.2 Å². The van der Waals surface area contributed by atoms with Crippen LogP contribution in [0.2, 0.25) is 0 Å². The van der Waals surface area contributed by atoms with Gasteiger partial charge in [-0.05, 0) is 73.6 Å². The molecule has 0 fully saturated rings. The average molecular weight is 474 g/mol. The van der Waals surface area contributed by atoms with Gasteiger partial charge in [-0.15, -0.1) is 0 Å². The topological polar surface area (TPSA) is 51.6 Å². The molecule has 0 aliphatic heterocycles. The first-order valence-electron chi connectivity index (χ1n) is 11.0. The van der Waals surface area contributed by atoms with Gasteiger partial charge in [-0.25, -0.2) is 4.98 Å². The summed E-state index contributed by atoms with van der Waals surface area (Å²) in [6, 6.07) is 13.5. The Hall–Kier alpha value is -2.43. The highest BCUT2D eigenvalue weighted by Crippen LogP contribution is 2.31. The van der Waals surface area contributed by atoms with Crippen LogP contribution in [-0.4, -0.2) is 23.3 Å². The van der Waals surface area contributed by atoms with E-state index in [0.29, 0.717) is 18.7 Å². The molecule has 0 saturated heterocycles. The van der Waals surface area contributed by atoms with Gasteiger partial charge < -0.3 is 14.6 Å². The Morgan fingerprint density at radius 2 is 1.75 bits per heavy atom. The Labute approximate surface area is 199 Å². The maximum atomic E-state index is 10.0. The van der Waals surface area contributed by atoms with E-state index in [1.54, 1.807) is 12.1 Å². The third-order valence-electron chi connectivity index (χ3n) is 5.30. The molecule has 1 aromatic heterocycles. The summed E-state index contributed by atoms with van der Waals surface area (Å²) in [5.41, 5.74) is 3.90. The van der Waals surface area contributed by atoms with Crippen LogP contribution in [0.15, 0.2) is 53.0 Å². The fourth-order valence-electron chi connectivity index (χ4n) is 3.61. The Morgan fingerprint density at radius 3 is 2.44 bits per heavy atom. The van der Waals surface area contributed by atoms with Crippen molar-refractivity contribution in [2.75, 3.05) is 13.2 Å². The minimum atomic E-state index is 0.201. The molecule has 0 radical (unpaired) electrons. The van der Waals surface area contributed by atoms with E-state index in [2.05, 4.69) is 18.8 Å². The molecule has 0 atom stereocenters. The molecule has 170 valence electrons. The van der Waals surface area contributed by atoms with Crippen LogP contribution in [0.3, 0.4) is 0 Å². The van der Waals surface area contributed by atoms with E-state index in [-0.39, 0.29) is 10.2 Å². The zero-order chi connectivity index (χ0) is 22.9. The third kappa shape index (κ3) is 6.54. The Morgan fingerprint density at radius 1 is 1.00 bits per heavy atom. The molecule has 1 N–H and O–H groups in total. The maximum absolute atomic E-state index is 10.0. The average Bonchev–Trinajstić information content (AvgIpc) is 2.79. The van der Waals surface area contributed by atoms with Crippen LogP contribution in [0, 0.1) is 0 Å². The molecule has 3 aromatic rings. The summed E-state index contributed by atoms with van der Waals surface area (Å²) in [5, 5.41) is 11.0. The van der Waals surface area contributed by atoms with Gasteiger partial charge >= 0.3 is 0 Å². The highest BCUT2D eigenvalue weighted by Gasteiger charge is 2.11. The van der Waals surface area contributed by atoms with E-state index in [4.69, 9.17) is 32.7 Å². The molecule has 0 unspecified atom stereocenters. The monoisotopic (exact) mass is 473 g/mol. The number of hydrogen-bond acceptors (Lipinski definition) is 4. The largest absolute Gasteiger partial charge is 0.506 e. The normalized spacial score (nSPS) is 10.9. The number of aromatic nitrogens is 1. The molecule has 6 heteroatoms. The number of nitrogens with zero attached hydrogens (tertiary/aromatic N) is 1. The van der Waals surface area contributed by atoms with Gasteiger partial charge in [0.25, 0.3) is 0 Å². The second-order valence-corrected chi connectivity index (χ2v) is 8.55. The summed E-state index contributed by atoms with van der Waals surface area (Å²) in [6.07, 6.45) is 6.06. The zero-order valence-electron chi connectivity index (χ0n) is 18.5. The van der Waals surface area contributed by atoms with Crippen LogP contribution < -0.4 is 9.47 Å². The smallest absolute Gasteiger partial charge is 0.141 e. The Bertz CT molecular complexity index is 1050. The molecule has 1 heterocycles. The summed E-state index contributed by atoms with van der Waals surface area (Å²) in [5.74, 6) is 1.98. The Kier molecular flexibility index (Phi) is 9.07. The number of hydrogen-bond donors (Lipinski definition) is 1. The molecule has 3 rings (SSSR count). The first-order valence-corrected chi connectivity index (χ1v) is 11.8. The number of phenols is 1. The van der Waals surface area contributed by atoms with Crippen molar-refractivity contribution in [3.8, 4) is 17.2 Å². The van der Waals surface area contributed by atoms with Crippen LogP contribution in [0.1, 0.15) is 43.5 Å². The lowest BCUT2D eigenvalue weighted by atomic mass is 10.0. The molecule has 0 bridgehead atoms. The second-order valence-electron chi connectivity index (χ2n) is 7.54. The second kappa shape index (κ2) is 12.0. The highest BCUT2D eigenvalue weighted by atomic mass is 35.5. The summed E-state index contributed by atoms with van der Waals surface area (Å²) >= 11 is 11.3. The number of pyridine rings is 1. The third-order valence-corrected chi connectivity index (χ3v) is 5.60. The minimum Gasteiger partial charge on any atom is -0.506 e. The van der Waals surface area contributed by atoms with Crippen LogP contribution in [0.5, 0.6) is 17.2 Å². The van der Waals surface area contributed by atoms with Gasteiger partial charge in [0.05, 0.1) is 6.61 Å². The van der Waals surface area contributed by atoms with Gasteiger partial charge in [-0.3, -0.25) is 0 Å². The lowest BCUT2D eigenvalue weighted by Crippen LogP contribution is -2.05. The van der Waals surface area contributed by atoms with Gasteiger partial charge in [0.15, 0.2) is 0 Å². The molecule has 0 aliphatic rings. The van der Waals surface area contributed by atoms with Crippen molar-refractivity contribution in [3.05, 3.63) is 69.9 Å². The standard InChI is InChI=1S/C26H29Cl2NO3/c1-3-18-16-22(31-15-13-24(27)28)17-19(4-2)26(18)32-14-6-5-9-21-12-11-20-8-7-10-23(30)25(20)29-21/h7-8,10-13,16-17,30H,3-6,9,14-15H2,1-2H3. The number of para-hydroxylation sites is 1. The number of ether oxygens (including phenoxy) is 2. The van der Waals surface area contributed by atoms with E-state index >= 15 is 0 Å². The van der Waals surface area contributed by atoms with Crippen molar-refractivity contribution in [1.29, 1.82) is 0 Å². The van der Waals surface area contributed by atoms with Crippen LogP contribution in [0.25, 0.3) is 10.9 Å². The van der Waals surface area contributed by atoms with Crippen LogP contribution in [-0.2, 0) is 19.3 Å². The summed E-state index contributed by atoms with van der Waals surface area (Å²) in [7, 11) is 0. The Balaban J connectivity index is 1.56. The number of aromatic hydroxyl groups is 1. The molecule has 4 nitrogen and oxygen atoms in total. The van der Waals surface area contributed by atoms with Gasteiger partial charge in [0.1, 0.15) is 33.9 Å². The first-order chi connectivity index (χ1) is 15.5. The fourth-order valence-corrected chi connectivity index (χ4v) is 3.74. The van der Waals surface area contributed by atoms with E-state index in [0.717, 1.165) is 65.8 Å². The van der Waals surface area contributed by atoms with Crippen LogP contribution >= 0.6 is 23.2 Å². The number of benzene rings is 2. The molecule has 0 saturated carbocycles. The van der Waals surface area contributed by atoms with E-state index < -0.39 is 0 Å². The number of phenolic OH excluding ortho intramolecular Hbond substituents is 1. The predicted octanol–water partition coefficient (Wildman–Crippen LogP) is 7.16. The molecule has 0 aliphatic carbocycles. The van der Waals surface area contributed by atoms with Gasteiger partial charge in [0, 0.05) is 11.1 Å². The molecule has 2 aromatic carbocycles. The number of rotatable bonds is 11. The maximum Gasteiger partial charge on any atom is 0.141 e. The van der Waals surface area contributed by atoms with E-state index in [1.165, 1.54) is 0 Å². The quantitative estimate of drug-likeness (QED) is 0.300. The van der Waals surface area contributed by atoms with Crippen molar-refractivity contribution in [2.24, 2.45) is 0 Å². The fraction of sp³-hybridized carbons (Fsp3) is 0.346. The molecule has 0 spiro atoms. The summed E-state index contributed by atoms with van der Waals surface area (Å²) < 4.78 is 12.2. The van der Waals surface area contributed by atoms with Crippen molar-refractivity contribution in [2.45, 2.75) is 46.0 Å². The van der Waals surface area contributed by atoms with Gasteiger partial charge in [-0.2, -0.15) is 0 Å². The number of unbranched alkanes of at least 4 members (excludes halogenated alkanes) is 1. The molecule has 0 amide bonds. The lowest BCUT2D eigenvalue weighted by Gasteiger charge is -2.17. The summed E-state index contributed by atoms with van der Waals surface area (Å²) in [6.45, 7) is 5.20. The van der Waals surface area contributed by atoms with Crippen molar-refractivity contribution < 1.29 is 14.6 Å². The summed E-state index contributed by atoms with van der Waals surface area (Å²) in [4.78, 5) is 4.61. The predicted molar refractivity (Wildman–Crippen MR) is 132 cm³/mol. The van der Waals surface area contributed by atoms with E-state index in [1.807, 2.05) is 36.4 Å². The highest BCUT2D eigenvalue weighted by molar-refractivity contribution is 6.55.